The quantitative estimate of drug-likeness (QED) is 0.805. The van der Waals surface area contributed by atoms with Gasteiger partial charge in [0.1, 0.15) is 11.6 Å². The van der Waals surface area contributed by atoms with E-state index in [4.69, 9.17) is 0 Å². The van der Waals surface area contributed by atoms with E-state index in [-0.39, 0.29) is 0 Å². The Hall–Kier alpha value is -1.75. The van der Waals surface area contributed by atoms with E-state index in [9.17, 15) is 8.78 Å². The zero-order chi connectivity index (χ0) is 12.1. The Morgan fingerprint density at radius 2 is 2.18 bits per heavy atom. The molecule has 0 aliphatic heterocycles. The van der Waals surface area contributed by atoms with Gasteiger partial charge >= 0.3 is 0 Å². The first-order valence-corrected chi connectivity index (χ1v) is 5.36. The molecule has 17 heavy (non-hydrogen) atoms. The van der Waals surface area contributed by atoms with Crippen LogP contribution in [0.4, 0.5) is 8.78 Å². The molecule has 0 bridgehead atoms. The maximum atomic E-state index is 13.3. The van der Waals surface area contributed by atoms with Crippen molar-refractivity contribution >= 4 is 0 Å². The van der Waals surface area contributed by atoms with Crippen LogP contribution in [0.15, 0.2) is 36.9 Å². The zero-order valence-electron chi connectivity index (χ0n) is 9.24. The molecule has 0 radical (unpaired) electrons. The molecule has 2 aromatic rings. The highest BCUT2D eigenvalue weighted by Crippen LogP contribution is 2.08. The standard InChI is InChI=1S/C12H13F2N3/c13-11-2-1-10(12(14)7-11)8-15-3-5-17-6-4-16-9-17/h1-2,4,6-7,9,15H,3,5,8H2. The molecule has 5 heteroatoms. The molecule has 1 aromatic carbocycles. The summed E-state index contributed by atoms with van der Waals surface area (Å²) in [5.41, 5.74) is 0.469. The van der Waals surface area contributed by atoms with E-state index < -0.39 is 11.6 Å². The minimum atomic E-state index is -0.551. The Morgan fingerprint density at radius 3 is 2.88 bits per heavy atom. The van der Waals surface area contributed by atoms with E-state index in [0.717, 1.165) is 12.6 Å². The lowest BCUT2D eigenvalue weighted by molar-refractivity contribution is 0.549. The predicted octanol–water partition coefficient (Wildman–Crippen LogP) is 1.95. The lowest BCUT2D eigenvalue weighted by atomic mass is 10.2. The molecule has 0 aliphatic carbocycles. The van der Waals surface area contributed by atoms with E-state index in [2.05, 4.69) is 10.3 Å². The molecular formula is C12H13F2N3. The summed E-state index contributed by atoms with van der Waals surface area (Å²) < 4.78 is 27.8. The molecule has 0 fully saturated rings. The van der Waals surface area contributed by atoms with Crippen molar-refractivity contribution in [3.05, 3.63) is 54.1 Å². The highest BCUT2D eigenvalue weighted by atomic mass is 19.1. The molecule has 0 saturated heterocycles. The first-order chi connectivity index (χ1) is 8.25. The fourth-order valence-electron chi connectivity index (χ4n) is 1.52. The fraction of sp³-hybridized carbons (Fsp3) is 0.250. The van der Waals surface area contributed by atoms with Crippen LogP contribution in [0.25, 0.3) is 0 Å². The van der Waals surface area contributed by atoms with Crippen LogP contribution >= 0.6 is 0 Å². The van der Waals surface area contributed by atoms with Gasteiger partial charge in [-0.05, 0) is 6.07 Å². The van der Waals surface area contributed by atoms with E-state index in [0.29, 0.717) is 18.7 Å². The average Bonchev–Trinajstić information content (AvgIpc) is 2.79. The van der Waals surface area contributed by atoms with Crippen molar-refractivity contribution in [2.75, 3.05) is 6.54 Å². The van der Waals surface area contributed by atoms with Crippen LogP contribution in [0.3, 0.4) is 0 Å². The number of aromatic nitrogens is 2. The minimum absolute atomic E-state index is 0.390. The van der Waals surface area contributed by atoms with Crippen molar-refractivity contribution < 1.29 is 8.78 Å². The van der Waals surface area contributed by atoms with E-state index >= 15 is 0 Å². The number of rotatable bonds is 5. The summed E-state index contributed by atoms with van der Waals surface area (Å²) in [5.74, 6) is -1.07. The zero-order valence-corrected chi connectivity index (χ0v) is 9.24. The monoisotopic (exact) mass is 237 g/mol. The van der Waals surface area contributed by atoms with Gasteiger partial charge in [0.05, 0.1) is 6.33 Å². The highest BCUT2D eigenvalue weighted by Gasteiger charge is 2.02. The van der Waals surface area contributed by atoms with Crippen LogP contribution in [0.1, 0.15) is 5.56 Å². The van der Waals surface area contributed by atoms with Crippen LogP contribution in [0.2, 0.25) is 0 Å². The van der Waals surface area contributed by atoms with Crippen molar-refractivity contribution in [2.45, 2.75) is 13.1 Å². The minimum Gasteiger partial charge on any atom is -0.336 e. The SMILES string of the molecule is Fc1ccc(CNCCn2ccnc2)c(F)c1. The van der Waals surface area contributed by atoms with Gasteiger partial charge in [-0.1, -0.05) is 6.07 Å². The average molecular weight is 237 g/mol. The number of hydrogen-bond acceptors (Lipinski definition) is 2. The molecule has 0 amide bonds. The molecule has 1 heterocycles. The summed E-state index contributed by atoms with van der Waals surface area (Å²) in [5, 5.41) is 3.09. The lowest BCUT2D eigenvalue weighted by Gasteiger charge is -2.06. The maximum absolute atomic E-state index is 13.3. The number of hydrogen-bond donors (Lipinski definition) is 1. The molecule has 0 aliphatic rings. The van der Waals surface area contributed by atoms with Crippen LogP contribution in [-0.4, -0.2) is 16.1 Å². The van der Waals surface area contributed by atoms with Crippen LogP contribution < -0.4 is 5.32 Å². The van der Waals surface area contributed by atoms with E-state index in [1.807, 2.05) is 10.8 Å². The molecule has 90 valence electrons. The first-order valence-electron chi connectivity index (χ1n) is 5.36. The lowest BCUT2D eigenvalue weighted by Crippen LogP contribution is -2.19. The Morgan fingerprint density at radius 1 is 1.29 bits per heavy atom. The number of nitrogens with zero attached hydrogens (tertiary/aromatic N) is 2. The van der Waals surface area contributed by atoms with Crippen molar-refractivity contribution in [2.24, 2.45) is 0 Å². The van der Waals surface area contributed by atoms with Crippen LogP contribution in [0, 0.1) is 11.6 Å². The second-order valence-corrected chi connectivity index (χ2v) is 3.71. The second-order valence-electron chi connectivity index (χ2n) is 3.71. The maximum Gasteiger partial charge on any atom is 0.130 e. The Bertz CT molecular complexity index is 469. The molecule has 1 N–H and O–H groups in total. The molecular weight excluding hydrogens is 224 g/mol. The summed E-state index contributed by atoms with van der Waals surface area (Å²) in [4.78, 5) is 3.92. The largest absolute Gasteiger partial charge is 0.336 e. The van der Waals surface area contributed by atoms with Gasteiger partial charge in [-0.25, -0.2) is 13.8 Å². The fourth-order valence-corrected chi connectivity index (χ4v) is 1.52. The molecule has 2 rings (SSSR count). The topological polar surface area (TPSA) is 29.9 Å². The summed E-state index contributed by atoms with van der Waals surface area (Å²) >= 11 is 0. The Kier molecular flexibility index (Phi) is 3.82. The highest BCUT2D eigenvalue weighted by molar-refractivity contribution is 5.18. The molecule has 0 atom stereocenters. The normalized spacial score (nSPS) is 10.7. The molecule has 1 aromatic heterocycles. The Balaban J connectivity index is 1.78. The summed E-state index contributed by atoms with van der Waals surface area (Å²) in [6.45, 7) is 1.86. The molecule has 0 unspecified atom stereocenters. The third kappa shape index (κ3) is 3.35. The van der Waals surface area contributed by atoms with Gasteiger partial charge in [-0.2, -0.15) is 0 Å². The van der Waals surface area contributed by atoms with Crippen molar-refractivity contribution in [1.82, 2.24) is 14.9 Å². The smallest absolute Gasteiger partial charge is 0.130 e. The van der Waals surface area contributed by atoms with Gasteiger partial charge in [0.2, 0.25) is 0 Å². The summed E-state index contributed by atoms with van der Waals surface area (Å²) in [6.07, 6.45) is 5.29. The van der Waals surface area contributed by atoms with Gasteiger partial charge < -0.3 is 9.88 Å². The molecule has 3 nitrogen and oxygen atoms in total. The number of halogens is 2. The van der Waals surface area contributed by atoms with Gasteiger partial charge in [-0.3, -0.25) is 0 Å². The third-order valence-electron chi connectivity index (χ3n) is 2.44. The summed E-state index contributed by atoms with van der Waals surface area (Å²) in [7, 11) is 0. The Labute approximate surface area is 98.1 Å². The van der Waals surface area contributed by atoms with Crippen molar-refractivity contribution in [1.29, 1.82) is 0 Å². The van der Waals surface area contributed by atoms with Gasteiger partial charge in [-0.15, -0.1) is 0 Å². The molecule has 0 saturated carbocycles. The van der Waals surface area contributed by atoms with Gasteiger partial charge in [0.25, 0.3) is 0 Å². The van der Waals surface area contributed by atoms with Crippen LogP contribution in [0.5, 0.6) is 0 Å². The summed E-state index contributed by atoms with van der Waals surface area (Å²) in [6, 6.07) is 3.61. The van der Waals surface area contributed by atoms with E-state index in [1.165, 1.54) is 12.1 Å². The van der Waals surface area contributed by atoms with Crippen molar-refractivity contribution in [3.8, 4) is 0 Å². The predicted molar refractivity (Wildman–Crippen MR) is 60.3 cm³/mol. The van der Waals surface area contributed by atoms with Crippen molar-refractivity contribution in [3.63, 3.8) is 0 Å². The van der Waals surface area contributed by atoms with Gasteiger partial charge in [0.15, 0.2) is 0 Å². The third-order valence-corrected chi connectivity index (χ3v) is 2.44. The number of nitrogens with one attached hydrogen (secondary N) is 1. The number of imidazole rings is 1. The van der Waals surface area contributed by atoms with Crippen LogP contribution in [-0.2, 0) is 13.1 Å². The first kappa shape index (κ1) is 11.7. The van der Waals surface area contributed by atoms with E-state index in [1.54, 1.807) is 12.5 Å². The van der Waals surface area contributed by atoms with Gasteiger partial charge in [0, 0.05) is 43.7 Å². The molecule has 0 spiro atoms. The number of benzene rings is 1. The second kappa shape index (κ2) is 5.54.